The molecular formula is C14H24N2S. The molecule has 1 saturated heterocycles. The highest BCUT2D eigenvalue weighted by molar-refractivity contribution is 7.07. The fourth-order valence-electron chi connectivity index (χ4n) is 2.64. The highest BCUT2D eigenvalue weighted by atomic mass is 32.1. The van der Waals surface area contributed by atoms with Crippen LogP contribution in [0.2, 0.25) is 0 Å². The molecule has 1 fully saturated rings. The largest absolute Gasteiger partial charge is 0.311 e. The summed E-state index contributed by atoms with van der Waals surface area (Å²) in [6, 6.07) is 3.57. The molecule has 1 aromatic rings. The molecule has 1 aliphatic rings. The fourth-order valence-corrected chi connectivity index (χ4v) is 3.32. The number of nitrogens with zero attached hydrogens (tertiary/aromatic N) is 1. The molecule has 96 valence electrons. The van der Waals surface area contributed by atoms with Crippen LogP contribution in [0.5, 0.6) is 0 Å². The van der Waals surface area contributed by atoms with Crippen LogP contribution in [-0.4, -0.2) is 36.6 Å². The van der Waals surface area contributed by atoms with Gasteiger partial charge in [0.2, 0.25) is 0 Å². The normalized spacial score (nSPS) is 20.6. The van der Waals surface area contributed by atoms with Gasteiger partial charge in [0.1, 0.15) is 0 Å². The van der Waals surface area contributed by atoms with Gasteiger partial charge in [0, 0.05) is 12.1 Å². The Morgan fingerprint density at radius 3 is 2.82 bits per heavy atom. The first kappa shape index (κ1) is 13.1. The van der Waals surface area contributed by atoms with Crippen molar-refractivity contribution in [2.45, 2.75) is 45.2 Å². The van der Waals surface area contributed by atoms with Gasteiger partial charge in [-0.05, 0) is 68.2 Å². The predicted octanol–water partition coefficient (Wildman–Crippen LogP) is 2.75. The number of hydrogen-bond acceptors (Lipinski definition) is 3. The molecule has 1 N–H and O–H groups in total. The van der Waals surface area contributed by atoms with Gasteiger partial charge >= 0.3 is 0 Å². The molecule has 0 radical (unpaired) electrons. The van der Waals surface area contributed by atoms with Crippen LogP contribution in [0.15, 0.2) is 16.8 Å². The third-order valence-corrected chi connectivity index (χ3v) is 4.41. The van der Waals surface area contributed by atoms with Gasteiger partial charge in [0.05, 0.1) is 0 Å². The minimum Gasteiger partial charge on any atom is -0.311 e. The summed E-state index contributed by atoms with van der Waals surface area (Å²) in [4.78, 5) is 2.54. The zero-order valence-electron chi connectivity index (χ0n) is 11.0. The van der Waals surface area contributed by atoms with Gasteiger partial charge in [-0.15, -0.1) is 0 Å². The lowest BCUT2D eigenvalue weighted by Crippen LogP contribution is -2.45. The van der Waals surface area contributed by atoms with E-state index >= 15 is 0 Å². The van der Waals surface area contributed by atoms with Crippen molar-refractivity contribution < 1.29 is 0 Å². The maximum Gasteiger partial charge on any atom is 0.00940 e. The number of thiophene rings is 1. The second kappa shape index (κ2) is 6.53. The third-order valence-electron chi connectivity index (χ3n) is 3.68. The second-order valence-electron chi connectivity index (χ2n) is 5.11. The second-order valence-corrected chi connectivity index (χ2v) is 5.89. The molecular weight excluding hydrogens is 228 g/mol. The lowest BCUT2D eigenvalue weighted by atomic mass is 10.0. The van der Waals surface area contributed by atoms with E-state index in [2.05, 4.69) is 40.9 Å². The van der Waals surface area contributed by atoms with Gasteiger partial charge in [-0.1, -0.05) is 6.92 Å². The van der Waals surface area contributed by atoms with Gasteiger partial charge in [-0.25, -0.2) is 0 Å². The molecule has 0 saturated carbocycles. The molecule has 0 bridgehead atoms. The van der Waals surface area contributed by atoms with E-state index in [4.69, 9.17) is 0 Å². The van der Waals surface area contributed by atoms with Crippen LogP contribution < -0.4 is 5.32 Å². The van der Waals surface area contributed by atoms with Crippen LogP contribution >= 0.6 is 11.3 Å². The molecule has 2 rings (SSSR count). The molecule has 1 aromatic heterocycles. The Labute approximate surface area is 109 Å². The lowest BCUT2D eigenvalue weighted by molar-refractivity contribution is 0.200. The van der Waals surface area contributed by atoms with Gasteiger partial charge in [-0.3, -0.25) is 0 Å². The maximum atomic E-state index is 3.78. The zero-order valence-corrected chi connectivity index (χ0v) is 11.8. The smallest absolute Gasteiger partial charge is 0.00940 e. The number of likely N-dealkylation sites (tertiary alicyclic amines) is 1. The number of piperidine rings is 1. The number of hydrogen-bond donors (Lipinski definition) is 1. The average Bonchev–Trinajstić information content (AvgIpc) is 2.82. The van der Waals surface area contributed by atoms with Gasteiger partial charge in [-0.2, -0.15) is 11.3 Å². The summed E-state index contributed by atoms with van der Waals surface area (Å²) in [5.41, 5.74) is 1.47. The average molecular weight is 252 g/mol. The van der Waals surface area contributed by atoms with Gasteiger partial charge in [0.25, 0.3) is 0 Å². The van der Waals surface area contributed by atoms with E-state index in [1.807, 2.05) is 0 Å². The summed E-state index contributed by atoms with van der Waals surface area (Å²) in [7, 11) is 0. The van der Waals surface area contributed by atoms with Crippen molar-refractivity contribution in [1.29, 1.82) is 0 Å². The van der Waals surface area contributed by atoms with Crippen molar-refractivity contribution in [3.05, 3.63) is 22.4 Å². The lowest BCUT2D eigenvalue weighted by Gasteiger charge is -2.33. The first-order chi connectivity index (χ1) is 8.28. The van der Waals surface area contributed by atoms with Crippen LogP contribution in [0.1, 0.15) is 32.3 Å². The van der Waals surface area contributed by atoms with E-state index in [1.54, 1.807) is 11.3 Å². The quantitative estimate of drug-likeness (QED) is 0.867. The topological polar surface area (TPSA) is 15.3 Å². The summed E-state index contributed by atoms with van der Waals surface area (Å²) in [5.74, 6) is 0. The molecule has 1 aliphatic heterocycles. The van der Waals surface area contributed by atoms with Crippen LogP contribution in [0, 0.1) is 0 Å². The molecule has 17 heavy (non-hydrogen) atoms. The van der Waals surface area contributed by atoms with E-state index in [0.29, 0.717) is 6.04 Å². The Balaban J connectivity index is 1.70. The highest BCUT2D eigenvalue weighted by Crippen LogP contribution is 2.13. The summed E-state index contributed by atoms with van der Waals surface area (Å²) >= 11 is 1.80. The van der Waals surface area contributed by atoms with E-state index in [1.165, 1.54) is 38.0 Å². The Morgan fingerprint density at radius 1 is 1.47 bits per heavy atom. The molecule has 3 heteroatoms. The van der Waals surface area contributed by atoms with E-state index in [-0.39, 0.29) is 0 Å². The predicted molar refractivity (Wildman–Crippen MR) is 75.8 cm³/mol. The number of nitrogens with one attached hydrogen (secondary N) is 1. The highest BCUT2D eigenvalue weighted by Gasteiger charge is 2.19. The summed E-state index contributed by atoms with van der Waals surface area (Å²) in [6.07, 6.45) is 3.78. The molecule has 2 heterocycles. The SMILES string of the molecule is CCN1CCC(NC(C)Cc2ccsc2)CC1. The molecule has 0 spiro atoms. The Kier molecular flexibility index (Phi) is 5.01. The molecule has 0 aliphatic carbocycles. The van der Waals surface area contributed by atoms with Crippen molar-refractivity contribution in [3.8, 4) is 0 Å². The minimum atomic E-state index is 0.600. The summed E-state index contributed by atoms with van der Waals surface area (Å²) < 4.78 is 0. The monoisotopic (exact) mass is 252 g/mol. The van der Waals surface area contributed by atoms with Crippen LogP contribution in [0.25, 0.3) is 0 Å². The van der Waals surface area contributed by atoms with Gasteiger partial charge in [0.15, 0.2) is 0 Å². The van der Waals surface area contributed by atoms with Crippen molar-refractivity contribution in [3.63, 3.8) is 0 Å². The molecule has 1 unspecified atom stereocenters. The molecule has 1 atom stereocenters. The van der Waals surface area contributed by atoms with E-state index < -0.39 is 0 Å². The third kappa shape index (κ3) is 4.09. The van der Waals surface area contributed by atoms with Crippen molar-refractivity contribution in [2.75, 3.05) is 19.6 Å². The summed E-state index contributed by atoms with van der Waals surface area (Å²) in [6.45, 7) is 8.30. The molecule has 0 aromatic carbocycles. The van der Waals surface area contributed by atoms with Crippen LogP contribution in [0.3, 0.4) is 0 Å². The Bertz CT molecular complexity index is 302. The summed E-state index contributed by atoms with van der Waals surface area (Å²) in [5, 5.41) is 8.21. The number of rotatable bonds is 5. The Hall–Kier alpha value is -0.380. The standard InChI is InChI=1S/C14H24N2S/c1-3-16-7-4-14(5-8-16)15-12(2)10-13-6-9-17-11-13/h6,9,11-12,14-15H,3-5,7-8,10H2,1-2H3. The first-order valence-electron chi connectivity index (χ1n) is 6.77. The van der Waals surface area contributed by atoms with E-state index in [9.17, 15) is 0 Å². The minimum absolute atomic E-state index is 0.600. The van der Waals surface area contributed by atoms with Crippen LogP contribution in [0.4, 0.5) is 0 Å². The zero-order chi connectivity index (χ0) is 12.1. The van der Waals surface area contributed by atoms with Crippen molar-refractivity contribution >= 4 is 11.3 Å². The van der Waals surface area contributed by atoms with Crippen molar-refractivity contribution in [1.82, 2.24) is 10.2 Å². The Morgan fingerprint density at radius 2 is 2.24 bits per heavy atom. The first-order valence-corrected chi connectivity index (χ1v) is 7.71. The van der Waals surface area contributed by atoms with Gasteiger partial charge < -0.3 is 10.2 Å². The van der Waals surface area contributed by atoms with Crippen molar-refractivity contribution in [2.24, 2.45) is 0 Å². The molecule has 0 amide bonds. The fraction of sp³-hybridized carbons (Fsp3) is 0.714. The van der Waals surface area contributed by atoms with E-state index in [0.717, 1.165) is 12.5 Å². The molecule has 2 nitrogen and oxygen atoms in total. The maximum absolute atomic E-state index is 3.78. The van der Waals surface area contributed by atoms with Crippen LogP contribution in [-0.2, 0) is 6.42 Å².